The number of aryl methyl sites for hydroxylation is 2. The van der Waals surface area contributed by atoms with Crippen LogP contribution in [0.25, 0.3) is 0 Å². The number of hydrogen-bond donors (Lipinski definition) is 1. The van der Waals surface area contributed by atoms with Crippen molar-refractivity contribution < 1.29 is 5.11 Å². The van der Waals surface area contributed by atoms with Gasteiger partial charge in [-0.2, -0.15) is 15.3 Å². The lowest BCUT2D eigenvalue weighted by atomic mass is 9.55. The molecule has 1 aromatic heterocycles. The lowest BCUT2D eigenvalue weighted by Gasteiger charge is -2.49. The van der Waals surface area contributed by atoms with E-state index in [0.29, 0.717) is 17.6 Å². The fourth-order valence-corrected chi connectivity index (χ4v) is 6.32. The summed E-state index contributed by atoms with van der Waals surface area (Å²) in [5.74, 6) is 2.46. The number of nitrogens with zero attached hydrogens (tertiary/aromatic N) is 4. The van der Waals surface area contributed by atoms with Gasteiger partial charge in [0, 0.05) is 29.4 Å². The molecule has 0 amide bonds. The van der Waals surface area contributed by atoms with E-state index in [1.54, 1.807) is 0 Å². The molecule has 0 saturated heterocycles. The van der Waals surface area contributed by atoms with Crippen LogP contribution >= 0.6 is 0 Å². The van der Waals surface area contributed by atoms with Crippen LogP contribution in [0.3, 0.4) is 0 Å². The van der Waals surface area contributed by atoms with Crippen molar-refractivity contribution in [1.29, 1.82) is 0 Å². The van der Waals surface area contributed by atoms with E-state index < -0.39 is 0 Å². The van der Waals surface area contributed by atoms with Crippen molar-refractivity contribution in [2.24, 2.45) is 34.5 Å². The maximum Gasteiger partial charge on any atom is 0.115 e. The molecule has 0 aliphatic heterocycles. The van der Waals surface area contributed by atoms with Crippen molar-refractivity contribution >= 4 is 11.9 Å². The van der Waals surface area contributed by atoms with E-state index in [2.05, 4.69) is 30.1 Å². The number of aromatic hydroxyl groups is 1. The van der Waals surface area contributed by atoms with E-state index in [4.69, 9.17) is 5.10 Å². The van der Waals surface area contributed by atoms with Gasteiger partial charge < -0.3 is 5.11 Å². The van der Waals surface area contributed by atoms with Crippen LogP contribution < -0.4 is 0 Å². The predicted octanol–water partition coefficient (Wildman–Crippen LogP) is 4.77. The molecule has 152 valence electrons. The Bertz CT molecular complexity index is 1000. The van der Waals surface area contributed by atoms with Crippen LogP contribution in [0.5, 0.6) is 5.75 Å². The monoisotopic (exact) mass is 390 g/mol. The molecule has 2 fully saturated rings. The molecule has 29 heavy (non-hydrogen) atoms. The molecule has 4 atom stereocenters. The highest BCUT2D eigenvalue weighted by atomic mass is 16.3. The maximum atomic E-state index is 9.86. The smallest absolute Gasteiger partial charge is 0.115 e. The Balaban J connectivity index is 1.39. The zero-order valence-electron chi connectivity index (χ0n) is 17.6. The number of benzene rings is 1. The molecule has 2 saturated carbocycles. The summed E-state index contributed by atoms with van der Waals surface area (Å²) in [5, 5.41) is 23.3. The van der Waals surface area contributed by atoms with Crippen LogP contribution in [0.2, 0.25) is 0 Å². The van der Waals surface area contributed by atoms with Crippen molar-refractivity contribution in [3.63, 3.8) is 0 Å². The second-order valence-electron chi connectivity index (χ2n) is 9.39. The normalized spacial score (nSPS) is 32.4. The SMILES string of the molecule is Cc1c(/C=N/N=C2\CCC3C4CCc5cc(O)ccc5C4CCC23C)cnn1C. The lowest BCUT2D eigenvalue weighted by molar-refractivity contribution is 0.0955. The molecule has 5 nitrogen and oxygen atoms in total. The summed E-state index contributed by atoms with van der Waals surface area (Å²) >= 11 is 0. The average molecular weight is 391 g/mol. The molecule has 3 aliphatic rings. The number of fused-ring (bicyclic) bond motifs is 5. The standard InChI is InChI=1S/C24H30N4O/c1-15-17(14-26-28(15)3)13-25-27-23-9-8-22-21-6-4-16-12-18(29)5-7-19(16)20(21)10-11-24(22,23)2/h5,7,12-14,20-22,29H,4,6,8-11H2,1-3H3/b25-13+,27-23+. The molecule has 0 radical (unpaired) electrons. The van der Waals surface area contributed by atoms with E-state index in [-0.39, 0.29) is 5.41 Å². The number of rotatable bonds is 2. The van der Waals surface area contributed by atoms with E-state index in [0.717, 1.165) is 30.0 Å². The summed E-state index contributed by atoms with van der Waals surface area (Å²) < 4.78 is 1.86. The van der Waals surface area contributed by atoms with Crippen LogP contribution in [0.15, 0.2) is 34.6 Å². The van der Waals surface area contributed by atoms with Crippen LogP contribution in [0, 0.1) is 24.2 Å². The van der Waals surface area contributed by atoms with E-state index in [1.807, 2.05) is 36.3 Å². The molecule has 5 heteroatoms. The molecular weight excluding hydrogens is 360 g/mol. The van der Waals surface area contributed by atoms with Gasteiger partial charge in [-0.15, -0.1) is 0 Å². The van der Waals surface area contributed by atoms with E-state index in [9.17, 15) is 5.11 Å². The Morgan fingerprint density at radius 2 is 2.10 bits per heavy atom. The number of hydrogen-bond acceptors (Lipinski definition) is 4. The summed E-state index contributed by atoms with van der Waals surface area (Å²) in [5.41, 5.74) is 6.45. The van der Waals surface area contributed by atoms with Gasteiger partial charge in [-0.25, -0.2) is 0 Å². The fraction of sp³-hybridized carbons (Fsp3) is 0.542. The molecular formula is C24H30N4O. The number of aromatic nitrogens is 2. The third-order valence-corrected chi connectivity index (χ3v) is 8.10. The summed E-state index contributed by atoms with van der Waals surface area (Å²) in [6, 6.07) is 6.02. The Morgan fingerprint density at radius 1 is 1.24 bits per heavy atom. The highest BCUT2D eigenvalue weighted by molar-refractivity contribution is 5.93. The lowest BCUT2D eigenvalue weighted by Crippen LogP contribution is -2.42. The fourth-order valence-electron chi connectivity index (χ4n) is 6.32. The molecule has 1 N–H and O–H groups in total. The zero-order valence-corrected chi connectivity index (χ0v) is 17.6. The molecule has 2 aromatic rings. The summed E-state index contributed by atoms with van der Waals surface area (Å²) in [7, 11) is 1.95. The van der Waals surface area contributed by atoms with Gasteiger partial charge in [0.2, 0.25) is 0 Å². The Morgan fingerprint density at radius 3 is 2.90 bits per heavy atom. The quantitative estimate of drug-likeness (QED) is 0.593. The van der Waals surface area contributed by atoms with Crippen LogP contribution in [0.4, 0.5) is 0 Å². The molecule has 1 aromatic carbocycles. The van der Waals surface area contributed by atoms with Crippen LogP contribution in [-0.4, -0.2) is 26.8 Å². The van der Waals surface area contributed by atoms with Gasteiger partial charge >= 0.3 is 0 Å². The summed E-state index contributed by atoms with van der Waals surface area (Å²) in [6.07, 6.45) is 10.7. The Labute approximate surface area is 172 Å². The van der Waals surface area contributed by atoms with Crippen molar-refractivity contribution in [3.8, 4) is 5.75 Å². The zero-order chi connectivity index (χ0) is 20.2. The average Bonchev–Trinajstić information content (AvgIpc) is 3.21. The van der Waals surface area contributed by atoms with Gasteiger partial charge in [0.05, 0.1) is 12.4 Å². The maximum absolute atomic E-state index is 9.86. The van der Waals surface area contributed by atoms with Crippen molar-refractivity contribution in [1.82, 2.24) is 9.78 Å². The molecule has 0 bridgehead atoms. The Kier molecular flexibility index (Phi) is 4.37. The molecule has 1 heterocycles. The van der Waals surface area contributed by atoms with Crippen molar-refractivity contribution in [2.45, 2.75) is 58.3 Å². The highest BCUT2D eigenvalue weighted by Crippen LogP contribution is 2.60. The van der Waals surface area contributed by atoms with Gasteiger partial charge in [-0.3, -0.25) is 4.68 Å². The molecule has 5 rings (SSSR count). The first-order valence-electron chi connectivity index (χ1n) is 10.9. The largest absolute Gasteiger partial charge is 0.508 e. The molecule has 4 unspecified atom stereocenters. The van der Waals surface area contributed by atoms with Crippen molar-refractivity contribution in [3.05, 3.63) is 46.8 Å². The second-order valence-corrected chi connectivity index (χ2v) is 9.39. The van der Waals surface area contributed by atoms with Gasteiger partial charge in [0.25, 0.3) is 0 Å². The first kappa shape index (κ1) is 18.6. The Hall–Kier alpha value is -2.43. The third kappa shape index (κ3) is 2.93. The highest BCUT2D eigenvalue weighted by Gasteiger charge is 2.53. The molecule has 0 spiro atoms. The van der Waals surface area contributed by atoms with E-state index >= 15 is 0 Å². The molecule has 3 aliphatic carbocycles. The first-order valence-corrected chi connectivity index (χ1v) is 10.9. The topological polar surface area (TPSA) is 62.8 Å². The van der Waals surface area contributed by atoms with Crippen LogP contribution in [0.1, 0.15) is 67.3 Å². The van der Waals surface area contributed by atoms with Gasteiger partial charge in [-0.1, -0.05) is 13.0 Å². The second kappa shape index (κ2) is 6.82. The number of phenolic OH excluding ortho intramolecular Hbond substituents is 1. The van der Waals surface area contributed by atoms with Crippen molar-refractivity contribution in [2.75, 3.05) is 0 Å². The summed E-state index contributed by atoms with van der Waals surface area (Å²) in [4.78, 5) is 0. The van der Waals surface area contributed by atoms with Gasteiger partial charge in [0.15, 0.2) is 0 Å². The summed E-state index contributed by atoms with van der Waals surface area (Å²) in [6.45, 7) is 4.48. The van der Waals surface area contributed by atoms with Crippen LogP contribution in [-0.2, 0) is 13.5 Å². The third-order valence-electron chi connectivity index (χ3n) is 8.10. The first-order chi connectivity index (χ1) is 14.0. The van der Waals surface area contributed by atoms with Gasteiger partial charge in [0.1, 0.15) is 5.75 Å². The minimum Gasteiger partial charge on any atom is -0.508 e. The predicted molar refractivity (Wildman–Crippen MR) is 116 cm³/mol. The van der Waals surface area contributed by atoms with Gasteiger partial charge in [-0.05, 0) is 86.5 Å². The minimum absolute atomic E-state index is 0.177. The van der Waals surface area contributed by atoms with E-state index in [1.165, 1.54) is 42.5 Å². The minimum atomic E-state index is 0.177. The number of phenols is 1.